The summed E-state index contributed by atoms with van der Waals surface area (Å²) < 4.78 is 5.17. The predicted octanol–water partition coefficient (Wildman–Crippen LogP) is 3.35. The largest absolute Gasteiger partial charge is 0.497 e. The Morgan fingerprint density at radius 3 is 2.15 bits per heavy atom. The fraction of sp³-hybridized carbons (Fsp3) is 0.294. The molecule has 1 atom stereocenters. The van der Waals surface area contributed by atoms with Crippen molar-refractivity contribution in [1.29, 1.82) is 0 Å². The average Bonchev–Trinajstić information content (AvgIpc) is 2.48. The van der Waals surface area contributed by atoms with Gasteiger partial charge in [-0.15, -0.1) is 0 Å². The maximum atomic E-state index is 5.87. The molecule has 0 spiro atoms. The van der Waals surface area contributed by atoms with E-state index in [-0.39, 0.29) is 6.04 Å². The van der Waals surface area contributed by atoms with E-state index in [9.17, 15) is 0 Å². The first kappa shape index (κ1) is 14.4. The minimum absolute atomic E-state index is 0.0796. The van der Waals surface area contributed by atoms with E-state index < -0.39 is 0 Å². The number of benzene rings is 2. The predicted molar refractivity (Wildman–Crippen MR) is 84.1 cm³/mol. The molecule has 3 nitrogen and oxygen atoms in total. The molecule has 2 N–H and O–H groups in total. The van der Waals surface area contributed by atoms with Crippen LogP contribution in [0.4, 0.5) is 5.69 Å². The zero-order chi connectivity index (χ0) is 14.5. The van der Waals surface area contributed by atoms with Crippen LogP contribution in [0.3, 0.4) is 0 Å². The topological polar surface area (TPSA) is 38.5 Å². The van der Waals surface area contributed by atoms with Crippen LogP contribution in [0, 0.1) is 0 Å². The Balaban J connectivity index is 2.04. The summed E-state index contributed by atoms with van der Waals surface area (Å²) in [5, 5.41) is 0. The van der Waals surface area contributed by atoms with E-state index in [2.05, 4.69) is 48.3 Å². The summed E-state index contributed by atoms with van der Waals surface area (Å²) in [6.45, 7) is 2.86. The third-order valence-electron chi connectivity index (χ3n) is 3.44. The highest BCUT2D eigenvalue weighted by Gasteiger charge is 2.04. The normalized spacial score (nSPS) is 12.0. The van der Waals surface area contributed by atoms with Crippen molar-refractivity contribution in [3.63, 3.8) is 0 Å². The molecular weight excluding hydrogens is 248 g/mol. The van der Waals surface area contributed by atoms with Crippen LogP contribution in [0.5, 0.6) is 5.75 Å². The Morgan fingerprint density at radius 1 is 1.05 bits per heavy atom. The van der Waals surface area contributed by atoms with E-state index in [4.69, 9.17) is 10.5 Å². The minimum atomic E-state index is 0.0796. The van der Waals surface area contributed by atoms with E-state index in [1.165, 1.54) is 11.3 Å². The second-order valence-electron chi connectivity index (χ2n) is 5.08. The highest BCUT2D eigenvalue weighted by Crippen LogP contribution is 2.19. The maximum absolute atomic E-state index is 5.87. The summed E-state index contributed by atoms with van der Waals surface area (Å²) in [5.74, 6) is 0.887. The molecule has 0 saturated heterocycles. The monoisotopic (exact) mass is 270 g/mol. The van der Waals surface area contributed by atoms with Gasteiger partial charge in [-0.1, -0.05) is 24.3 Å². The number of anilines is 1. The van der Waals surface area contributed by atoms with Gasteiger partial charge in [0.25, 0.3) is 0 Å². The Bertz CT molecular complexity index is 532. The van der Waals surface area contributed by atoms with Crippen molar-refractivity contribution in [2.24, 2.45) is 5.73 Å². The van der Waals surface area contributed by atoms with Gasteiger partial charge in [-0.2, -0.15) is 0 Å². The van der Waals surface area contributed by atoms with Crippen LogP contribution in [-0.2, 0) is 6.54 Å². The van der Waals surface area contributed by atoms with Gasteiger partial charge in [0.1, 0.15) is 5.75 Å². The second-order valence-corrected chi connectivity index (χ2v) is 5.08. The fourth-order valence-electron chi connectivity index (χ4n) is 2.13. The van der Waals surface area contributed by atoms with Crippen molar-refractivity contribution in [3.8, 4) is 5.75 Å². The number of methoxy groups -OCH3 is 1. The van der Waals surface area contributed by atoms with Gasteiger partial charge in [0.15, 0.2) is 0 Å². The first-order chi connectivity index (χ1) is 9.60. The summed E-state index contributed by atoms with van der Waals surface area (Å²) in [4.78, 5) is 2.22. The zero-order valence-corrected chi connectivity index (χ0v) is 12.3. The zero-order valence-electron chi connectivity index (χ0n) is 12.3. The molecule has 0 saturated carbocycles. The highest BCUT2D eigenvalue weighted by molar-refractivity contribution is 5.48. The van der Waals surface area contributed by atoms with Gasteiger partial charge in [0.05, 0.1) is 7.11 Å². The van der Waals surface area contributed by atoms with Crippen molar-refractivity contribution in [2.75, 3.05) is 19.1 Å². The average molecular weight is 270 g/mol. The number of nitrogens with two attached hydrogens (primary N) is 1. The lowest BCUT2D eigenvalue weighted by atomic mass is 10.1. The summed E-state index contributed by atoms with van der Waals surface area (Å²) in [6, 6.07) is 16.6. The third kappa shape index (κ3) is 3.52. The van der Waals surface area contributed by atoms with Gasteiger partial charge in [0.2, 0.25) is 0 Å². The molecule has 2 aromatic carbocycles. The Hall–Kier alpha value is -2.00. The smallest absolute Gasteiger partial charge is 0.118 e. The number of ether oxygens (including phenoxy) is 1. The van der Waals surface area contributed by atoms with E-state index >= 15 is 0 Å². The van der Waals surface area contributed by atoms with Gasteiger partial charge in [-0.05, 0) is 42.3 Å². The third-order valence-corrected chi connectivity index (χ3v) is 3.44. The van der Waals surface area contributed by atoms with Crippen LogP contribution >= 0.6 is 0 Å². The first-order valence-electron chi connectivity index (χ1n) is 6.80. The van der Waals surface area contributed by atoms with Gasteiger partial charge in [0, 0.05) is 25.3 Å². The molecule has 0 unspecified atom stereocenters. The Labute approximate surface area is 121 Å². The molecule has 0 aliphatic heterocycles. The van der Waals surface area contributed by atoms with Crippen molar-refractivity contribution >= 4 is 5.69 Å². The molecule has 0 aliphatic rings. The molecule has 2 rings (SSSR count). The van der Waals surface area contributed by atoms with Gasteiger partial charge in [-0.3, -0.25) is 0 Å². The molecule has 0 radical (unpaired) electrons. The van der Waals surface area contributed by atoms with Crippen molar-refractivity contribution in [2.45, 2.75) is 19.5 Å². The van der Waals surface area contributed by atoms with Crippen LogP contribution in [-0.4, -0.2) is 14.2 Å². The van der Waals surface area contributed by atoms with E-state index in [0.29, 0.717) is 0 Å². The standard InChI is InChI=1S/C17H22N2O/c1-13(18)15-6-8-16(9-7-15)19(2)12-14-4-10-17(20-3)11-5-14/h4-11,13H,12,18H2,1-3H3/t13-/m1/s1. The number of hydrogen-bond acceptors (Lipinski definition) is 3. The minimum Gasteiger partial charge on any atom is -0.497 e. The summed E-state index contributed by atoms with van der Waals surface area (Å²) in [7, 11) is 3.77. The molecule has 3 heteroatoms. The molecule has 106 valence electrons. The van der Waals surface area contributed by atoms with Crippen molar-refractivity contribution in [3.05, 3.63) is 59.7 Å². The molecule has 0 aliphatic carbocycles. The molecule has 0 heterocycles. The maximum Gasteiger partial charge on any atom is 0.118 e. The van der Waals surface area contributed by atoms with Crippen molar-refractivity contribution in [1.82, 2.24) is 0 Å². The molecule has 0 aromatic heterocycles. The van der Waals surface area contributed by atoms with Crippen LogP contribution in [0.1, 0.15) is 24.1 Å². The molecule has 2 aromatic rings. The van der Waals surface area contributed by atoms with E-state index in [1.54, 1.807) is 7.11 Å². The van der Waals surface area contributed by atoms with Gasteiger partial charge < -0.3 is 15.4 Å². The first-order valence-corrected chi connectivity index (χ1v) is 6.80. The Morgan fingerprint density at radius 2 is 1.65 bits per heavy atom. The lowest BCUT2D eigenvalue weighted by Gasteiger charge is -2.20. The fourth-order valence-corrected chi connectivity index (χ4v) is 2.13. The van der Waals surface area contributed by atoms with E-state index in [0.717, 1.165) is 17.9 Å². The molecule has 0 bridgehead atoms. The molecular formula is C17H22N2O. The van der Waals surface area contributed by atoms with Crippen LogP contribution in [0.25, 0.3) is 0 Å². The number of hydrogen-bond donors (Lipinski definition) is 1. The van der Waals surface area contributed by atoms with Crippen LogP contribution in [0.15, 0.2) is 48.5 Å². The summed E-state index contributed by atoms with van der Waals surface area (Å²) in [6.07, 6.45) is 0. The molecule has 0 amide bonds. The SMILES string of the molecule is COc1ccc(CN(C)c2ccc([C@@H](C)N)cc2)cc1. The highest BCUT2D eigenvalue weighted by atomic mass is 16.5. The quantitative estimate of drug-likeness (QED) is 0.905. The van der Waals surface area contributed by atoms with Crippen LogP contribution in [0.2, 0.25) is 0 Å². The lowest BCUT2D eigenvalue weighted by molar-refractivity contribution is 0.414. The van der Waals surface area contributed by atoms with Gasteiger partial charge in [-0.25, -0.2) is 0 Å². The molecule has 0 fully saturated rings. The second kappa shape index (κ2) is 6.44. The number of rotatable bonds is 5. The van der Waals surface area contributed by atoms with Gasteiger partial charge >= 0.3 is 0 Å². The van der Waals surface area contributed by atoms with E-state index in [1.807, 2.05) is 19.1 Å². The summed E-state index contributed by atoms with van der Waals surface area (Å²) >= 11 is 0. The number of nitrogens with zero attached hydrogens (tertiary/aromatic N) is 1. The van der Waals surface area contributed by atoms with Crippen LogP contribution < -0.4 is 15.4 Å². The van der Waals surface area contributed by atoms with Crippen molar-refractivity contribution < 1.29 is 4.74 Å². The lowest BCUT2D eigenvalue weighted by Crippen LogP contribution is -2.16. The molecule has 20 heavy (non-hydrogen) atoms. The summed E-state index contributed by atoms with van der Waals surface area (Å²) in [5.41, 5.74) is 9.46. The Kier molecular flexibility index (Phi) is 4.64.